The number of nitrogens with one attached hydrogen (secondary N) is 1. The highest BCUT2D eigenvalue weighted by molar-refractivity contribution is 9.10. The highest BCUT2D eigenvalue weighted by Gasteiger charge is 2.33. The molecule has 0 bridgehead atoms. The maximum atomic E-state index is 14.1. The average Bonchev–Trinajstić information content (AvgIpc) is 2.94. The van der Waals surface area contributed by atoms with E-state index in [0.29, 0.717) is 12.3 Å². The van der Waals surface area contributed by atoms with Gasteiger partial charge < -0.3 is 19.7 Å². The van der Waals surface area contributed by atoms with Gasteiger partial charge in [0, 0.05) is 30.0 Å². The molecule has 40 heavy (non-hydrogen) atoms. The predicted octanol–water partition coefficient (Wildman–Crippen LogP) is 4.01. The number of methoxy groups -OCH3 is 2. The molecule has 214 valence electrons. The van der Waals surface area contributed by atoms with Gasteiger partial charge >= 0.3 is 0 Å². The van der Waals surface area contributed by atoms with Crippen LogP contribution in [0.15, 0.2) is 77.3 Å². The molecule has 3 rings (SSSR count). The molecule has 0 aliphatic heterocycles. The Morgan fingerprint density at radius 1 is 0.950 bits per heavy atom. The number of likely N-dealkylation sites (N-methyl/N-ethyl adjacent to an activating group) is 1. The zero-order valence-electron chi connectivity index (χ0n) is 23.0. The molecule has 0 fully saturated rings. The normalized spacial score (nSPS) is 11.8. The summed E-state index contributed by atoms with van der Waals surface area (Å²) in [6.45, 7) is 1.72. The number of ether oxygens (including phenoxy) is 2. The molecule has 1 unspecified atom stereocenters. The Kier molecular flexibility index (Phi) is 11.0. The maximum absolute atomic E-state index is 14.1. The smallest absolute Gasteiger partial charge is 0.244 e. The van der Waals surface area contributed by atoms with Gasteiger partial charge in [-0.1, -0.05) is 58.4 Å². The van der Waals surface area contributed by atoms with Gasteiger partial charge in [-0.2, -0.15) is 0 Å². The van der Waals surface area contributed by atoms with Crippen molar-refractivity contribution < 1.29 is 27.5 Å². The first-order valence-electron chi connectivity index (χ1n) is 12.6. The molecule has 9 nitrogen and oxygen atoms in total. The second-order valence-corrected chi connectivity index (χ2v) is 11.9. The van der Waals surface area contributed by atoms with E-state index >= 15 is 0 Å². The van der Waals surface area contributed by atoms with Crippen LogP contribution in [0.3, 0.4) is 0 Å². The number of rotatable bonds is 13. The van der Waals surface area contributed by atoms with E-state index in [1.807, 2.05) is 54.6 Å². The van der Waals surface area contributed by atoms with E-state index in [0.717, 1.165) is 26.2 Å². The Balaban J connectivity index is 2.08. The van der Waals surface area contributed by atoms with Crippen molar-refractivity contribution in [2.24, 2.45) is 0 Å². The van der Waals surface area contributed by atoms with E-state index in [-0.39, 0.29) is 30.3 Å². The van der Waals surface area contributed by atoms with Crippen LogP contribution in [0.5, 0.6) is 11.5 Å². The Morgan fingerprint density at radius 2 is 1.62 bits per heavy atom. The average molecular weight is 633 g/mol. The fraction of sp³-hybridized carbons (Fsp3) is 0.310. The van der Waals surface area contributed by atoms with E-state index in [4.69, 9.17) is 9.47 Å². The van der Waals surface area contributed by atoms with Gasteiger partial charge in [0.25, 0.3) is 0 Å². The molecular formula is C29H34BrN3O6S. The maximum Gasteiger partial charge on any atom is 0.244 e. The van der Waals surface area contributed by atoms with Gasteiger partial charge in [0.05, 0.1) is 26.2 Å². The standard InChI is InChI=1S/C29H34BrN3O6S/c1-5-31-29(35)26(17-21-9-7-6-8-10-21)32(19-22-11-13-23(30)14-12-22)28(34)20-33(40(4,36)37)25-18-24(38-2)15-16-27(25)39-3/h6-16,18,26H,5,17,19-20H2,1-4H3,(H,31,35). The van der Waals surface area contributed by atoms with Crippen molar-refractivity contribution >= 4 is 43.5 Å². The highest BCUT2D eigenvalue weighted by atomic mass is 79.9. The Hall–Kier alpha value is -3.57. The number of anilines is 1. The molecule has 0 radical (unpaired) electrons. The number of hydrogen-bond acceptors (Lipinski definition) is 6. The lowest BCUT2D eigenvalue weighted by Gasteiger charge is -2.33. The molecule has 1 atom stereocenters. The number of amides is 2. The summed E-state index contributed by atoms with van der Waals surface area (Å²) in [7, 11) is -1.08. The summed E-state index contributed by atoms with van der Waals surface area (Å²) in [5.74, 6) is -0.233. The lowest BCUT2D eigenvalue weighted by Crippen LogP contribution is -2.53. The van der Waals surface area contributed by atoms with E-state index in [2.05, 4.69) is 21.2 Å². The van der Waals surface area contributed by atoms with E-state index in [9.17, 15) is 18.0 Å². The summed E-state index contributed by atoms with van der Waals surface area (Å²) in [4.78, 5) is 28.9. The van der Waals surface area contributed by atoms with Crippen molar-refractivity contribution in [2.45, 2.75) is 25.9 Å². The lowest BCUT2D eigenvalue weighted by atomic mass is 10.0. The molecule has 2 amide bonds. The van der Waals surface area contributed by atoms with Crippen molar-refractivity contribution in [3.63, 3.8) is 0 Å². The van der Waals surface area contributed by atoms with Crippen LogP contribution >= 0.6 is 15.9 Å². The summed E-state index contributed by atoms with van der Waals surface area (Å²) < 4.78 is 38.6. The van der Waals surface area contributed by atoms with Crippen LogP contribution in [0.4, 0.5) is 5.69 Å². The number of benzene rings is 3. The van der Waals surface area contributed by atoms with Crippen LogP contribution < -0.4 is 19.1 Å². The first-order chi connectivity index (χ1) is 19.1. The van der Waals surface area contributed by atoms with Crippen LogP contribution in [0.1, 0.15) is 18.1 Å². The van der Waals surface area contributed by atoms with Crippen molar-refractivity contribution in [2.75, 3.05) is 37.9 Å². The van der Waals surface area contributed by atoms with E-state index in [1.54, 1.807) is 19.1 Å². The molecular weight excluding hydrogens is 598 g/mol. The van der Waals surface area contributed by atoms with E-state index < -0.39 is 28.5 Å². The largest absolute Gasteiger partial charge is 0.497 e. The first kappa shape index (κ1) is 31.0. The predicted molar refractivity (Wildman–Crippen MR) is 159 cm³/mol. The molecule has 3 aromatic rings. The van der Waals surface area contributed by atoms with Crippen LogP contribution in [-0.4, -0.2) is 64.7 Å². The summed E-state index contributed by atoms with van der Waals surface area (Å²) in [6, 6.07) is 20.6. The van der Waals surface area contributed by atoms with Gasteiger partial charge in [-0.25, -0.2) is 8.42 Å². The highest BCUT2D eigenvalue weighted by Crippen LogP contribution is 2.34. The van der Waals surface area contributed by atoms with Gasteiger partial charge in [0.2, 0.25) is 21.8 Å². The quantitative estimate of drug-likeness (QED) is 0.306. The number of carbonyl (C=O) groups is 2. The van der Waals surface area contributed by atoms with Gasteiger partial charge in [0.15, 0.2) is 0 Å². The van der Waals surface area contributed by atoms with Gasteiger partial charge in [-0.15, -0.1) is 0 Å². The number of nitrogens with zero attached hydrogens (tertiary/aromatic N) is 2. The van der Waals surface area contributed by atoms with Crippen LogP contribution in [0, 0.1) is 0 Å². The van der Waals surface area contributed by atoms with Crippen molar-refractivity contribution in [3.05, 3.63) is 88.4 Å². The summed E-state index contributed by atoms with van der Waals surface area (Å²) in [5, 5.41) is 2.84. The second-order valence-electron chi connectivity index (χ2n) is 9.06. The third-order valence-corrected chi connectivity index (χ3v) is 7.88. The van der Waals surface area contributed by atoms with Gasteiger partial charge in [-0.05, 0) is 42.3 Å². The fourth-order valence-corrected chi connectivity index (χ4v) is 5.33. The molecule has 0 aliphatic carbocycles. The fourth-order valence-electron chi connectivity index (χ4n) is 4.22. The third kappa shape index (κ3) is 8.22. The summed E-state index contributed by atoms with van der Waals surface area (Å²) in [6.07, 6.45) is 1.26. The minimum absolute atomic E-state index is 0.0909. The van der Waals surface area contributed by atoms with E-state index in [1.165, 1.54) is 25.2 Å². The first-order valence-corrected chi connectivity index (χ1v) is 15.3. The third-order valence-electron chi connectivity index (χ3n) is 6.22. The molecule has 0 aromatic heterocycles. The van der Waals surface area contributed by atoms with Crippen LogP contribution in [0.25, 0.3) is 0 Å². The van der Waals surface area contributed by atoms with Crippen LogP contribution in [0.2, 0.25) is 0 Å². The minimum Gasteiger partial charge on any atom is -0.497 e. The van der Waals surface area contributed by atoms with Crippen molar-refractivity contribution in [3.8, 4) is 11.5 Å². The Morgan fingerprint density at radius 3 is 2.20 bits per heavy atom. The molecule has 1 N–H and O–H groups in total. The topological polar surface area (TPSA) is 105 Å². The SMILES string of the molecule is CCNC(=O)C(Cc1ccccc1)N(Cc1ccc(Br)cc1)C(=O)CN(c1cc(OC)ccc1OC)S(C)(=O)=O. The second kappa shape index (κ2) is 14.2. The van der Waals surface area contributed by atoms with Crippen LogP contribution in [-0.2, 0) is 32.6 Å². The molecule has 0 saturated carbocycles. The summed E-state index contributed by atoms with van der Waals surface area (Å²) in [5.41, 5.74) is 1.80. The number of halogens is 1. The Bertz CT molecular complexity index is 1400. The summed E-state index contributed by atoms with van der Waals surface area (Å²) >= 11 is 3.42. The molecule has 0 saturated heterocycles. The lowest BCUT2D eigenvalue weighted by molar-refractivity contribution is -0.140. The van der Waals surface area contributed by atoms with Crippen molar-refractivity contribution in [1.29, 1.82) is 0 Å². The Labute approximate surface area is 244 Å². The number of sulfonamides is 1. The molecule has 0 spiro atoms. The molecule has 0 heterocycles. The van der Waals surface area contributed by atoms with Crippen molar-refractivity contribution in [1.82, 2.24) is 10.2 Å². The molecule has 3 aromatic carbocycles. The minimum atomic E-state index is -3.95. The molecule has 0 aliphatic rings. The number of carbonyl (C=O) groups excluding carboxylic acids is 2. The monoisotopic (exact) mass is 631 g/mol. The molecule has 11 heteroatoms. The zero-order chi connectivity index (χ0) is 29.3. The number of hydrogen-bond donors (Lipinski definition) is 1. The van der Waals surface area contributed by atoms with Gasteiger partial charge in [0.1, 0.15) is 24.1 Å². The zero-order valence-corrected chi connectivity index (χ0v) is 25.4. The van der Waals surface area contributed by atoms with Gasteiger partial charge in [-0.3, -0.25) is 13.9 Å².